The molecule has 0 aromatic rings. The van der Waals surface area contributed by atoms with Crippen molar-refractivity contribution < 1.29 is 9.59 Å². The number of likely N-dealkylation sites (tertiary alicyclic amines) is 1. The van der Waals surface area contributed by atoms with Crippen LogP contribution in [-0.4, -0.2) is 85.4 Å². The number of hydrogen-bond donors (Lipinski definition) is 1. The second-order valence-corrected chi connectivity index (χ2v) is 5.69. The van der Waals surface area contributed by atoms with Crippen LogP contribution in [0.15, 0.2) is 0 Å². The summed E-state index contributed by atoms with van der Waals surface area (Å²) in [6.07, 6.45) is 2.45. The van der Waals surface area contributed by atoms with E-state index in [4.69, 9.17) is 0 Å². The number of piperazine rings is 1. The first kappa shape index (κ1) is 15.3. The molecule has 114 valence electrons. The van der Waals surface area contributed by atoms with Gasteiger partial charge in [-0.2, -0.15) is 0 Å². The molecular weight excluding hydrogens is 256 g/mol. The minimum atomic E-state index is 0.0180. The van der Waals surface area contributed by atoms with Gasteiger partial charge in [0.2, 0.25) is 11.8 Å². The molecule has 0 bridgehead atoms. The quantitative estimate of drug-likeness (QED) is 0.729. The van der Waals surface area contributed by atoms with Gasteiger partial charge in [-0.15, -0.1) is 0 Å². The van der Waals surface area contributed by atoms with Gasteiger partial charge in [0, 0.05) is 46.2 Å². The Morgan fingerprint density at radius 1 is 0.950 bits per heavy atom. The van der Waals surface area contributed by atoms with Crippen LogP contribution in [0.4, 0.5) is 0 Å². The van der Waals surface area contributed by atoms with Crippen LogP contribution in [0.5, 0.6) is 0 Å². The lowest BCUT2D eigenvalue weighted by Gasteiger charge is -2.35. The minimum absolute atomic E-state index is 0.0180. The maximum Gasteiger partial charge on any atom is 0.236 e. The van der Waals surface area contributed by atoms with E-state index in [0.29, 0.717) is 13.1 Å². The second-order valence-electron chi connectivity index (χ2n) is 5.69. The van der Waals surface area contributed by atoms with E-state index in [1.807, 2.05) is 4.90 Å². The second kappa shape index (κ2) is 7.59. The number of nitrogens with one attached hydrogen (secondary N) is 1. The number of nitrogens with zero attached hydrogens (tertiary/aromatic N) is 3. The van der Waals surface area contributed by atoms with Crippen molar-refractivity contribution in [3.05, 3.63) is 0 Å². The standard InChI is InChI=1S/C14H26N4O2/c1-13(19)15-4-7-16-8-10-18(11-9-16)14(20)12-17-5-2-3-6-17/h2-12H2,1H3,(H,15,19). The first-order valence-corrected chi connectivity index (χ1v) is 7.62. The van der Waals surface area contributed by atoms with Crippen molar-refractivity contribution in [2.75, 3.05) is 58.9 Å². The Bertz CT molecular complexity index is 334. The smallest absolute Gasteiger partial charge is 0.236 e. The molecule has 0 atom stereocenters. The van der Waals surface area contributed by atoms with Crippen LogP contribution in [0.1, 0.15) is 19.8 Å². The molecule has 0 aliphatic carbocycles. The summed E-state index contributed by atoms with van der Waals surface area (Å²) in [7, 11) is 0. The van der Waals surface area contributed by atoms with Crippen molar-refractivity contribution in [1.82, 2.24) is 20.0 Å². The van der Waals surface area contributed by atoms with Gasteiger partial charge < -0.3 is 10.2 Å². The molecular formula is C14H26N4O2. The van der Waals surface area contributed by atoms with Crippen LogP contribution < -0.4 is 5.32 Å². The van der Waals surface area contributed by atoms with Crippen molar-refractivity contribution in [2.24, 2.45) is 0 Å². The molecule has 0 aromatic heterocycles. The Balaban J connectivity index is 1.62. The van der Waals surface area contributed by atoms with E-state index in [9.17, 15) is 9.59 Å². The maximum atomic E-state index is 12.2. The largest absolute Gasteiger partial charge is 0.355 e. The van der Waals surface area contributed by atoms with E-state index in [2.05, 4.69) is 15.1 Å². The lowest BCUT2D eigenvalue weighted by molar-refractivity contribution is -0.133. The molecule has 2 rings (SSSR count). The first-order valence-electron chi connectivity index (χ1n) is 7.62. The highest BCUT2D eigenvalue weighted by molar-refractivity contribution is 5.78. The summed E-state index contributed by atoms with van der Waals surface area (Å²) in [5.41, 5.74) is 0. The van der Waals surface area contributed by atoms with Gasteiger partial charge >= 0.3 is 0 Å². The van der Waals surface area contributed by atoms with Crippen molar-refractivity contribution in [1.29, 1.82) is 0 Å². The molecule has 2 aliphatic heterocycles. The summed E-state index contributed by atoms with van der Waals surface area (Å²) in [5, 5.41) is 2.81. The number of amides is 2. The molecule has 2 amide bonds. The topological polar surface area (TPSA) is 55.9 Å². The predicted molar refractivity (Wildman–Crippen MR) is 77.4 cm³/mol. The van der Waals surface area contributed by atoms with Crippen molar-refractivity contribution >= 4 is 11.8 Å². The normalized spacial score (nSPS) is 21.1. The van der Waals surface area contributed by atoms with Gasteiger partial charge in [-0.3, -0.25) is 19.4 Å². The Hall–Kier alpha value is -1.14. The third-order valence-corrected chi connectivity index (χ3v) is 4.08. The summed E-state index contributed by atoms with van der Waals surface area (Å²) in [6.45, 7) is 9.27. The summed E-state index contributed by atoms with van der Waals surface area (Å²) in [4.78, 5) is 29.5. The predicted octanol–water partition coefficient (Wildman–Crippen LogP) is -0.637. The Kier molecular flexibility index (Phi) is 5.79. The molecule has 2 aliphatic rings. The Morgan fingerprint density at radius 3 is 2.20 bits per heavy atom. The van der Waals surface area contributed by atoms with Crippen LogP contribution in [0, 0.1) is 0 Å². The highest BCUT2D eigenvalue weighted by Crippen LogP contribution is 2.08. The van der Waals surface area contributed by atoms with E-state index < -0.39 is 0 Å². The molecule has 1 N–H and O–H groups in total. The first-order chi connectivity index (χ1) is 9.65. The number of rotatable bonds is 5. The van der Waals surface area contributed by atoms with Gasteiger partial charge in [-0.1, -0.05) is 0 Å². The average molecular weight is 282 g/mol. The highest BCUT2D eigenvalue weighted by atomic mass is 16.2. The zero-order valence-electron chi connectivity index (χ0n) is 12.4. The molecule has 0 unspecified atom stereocenters. The fourth-order valence-electron chi connectivity index (χ4n) is 2.84. The van der Waals surface area contributed by atoms with Gasteiger partial charge in [-0.25, -0.2) is 0 Å². The molecule has 20 heavy (non-hydrogen) atoms. The third kappa shape index (κ3) is 4.76. The van der Waals surface area contributed by atoms with Gasteiger partial charge in [0.05, 0.1) is 6.54 Å². The van der Waals surface area contributed by atoms with Crippen LogP contribution >= 0.6 is 0 Å². The summed E-state index contributed by atoms with van der Waals surface area (Å²) < 4.78 is 0. The maximum absolute atomic E-state index is 12.2. The zero-order valence-corrected chi connectivity index (χ0v) is 12.4. The molecule has 2 heterocycles. The lowest BCUT2D eigenvalue weighted by Crippen LogP contribution is -2.52. The monoisotopic (exact) mass is 282 g/mol. The van der Waals surface area contributed by atoms with Crippen molar-refractivity contribution in [3.63, 3.8) is 0 Å². The van der Waals surface area contributed by atoms with Crippen molar-refractivity contribution in [3.8, 4) is 0 Å². The Morgan fingerprint density at radius 2 is 1.60 bits per heavy atom. The molecule has 0 spiro atoms. The molecule has 6 heteroatoms. The average Bonchev–Trinajstić information content (AvgIpc) is 2.92. The summed E-state index contributed by atoms with van der Waals surface area (Å²) >= 11 is 0. The van der Waals surface area contributed by atoms with Gasteiger partial charge in [0.15, 0.2) is 0 Å². The fourth-order valence-corrected chi connectivity index (χ4v) is 2.84. The summed E-state index contributed by atoms with van der Waals surface area (Å²) in [5.74, 6) is 0.290. The summed E-state index contributed by atoms with van der Waals surface area (Å²) in [6, 6.07) is 0. The van der Waals surface area contributed by atoms with Gasteiger partial charge in [0.25, 0.3) is 0 Å². The number of carbonyl (C=O) groups is 2. The SMILES string of the molecule is CC(=O)NCCN1CCN(C(=O)CN2CCCC2)CC1. The van der Waals surface area contributed by atoms with E-state index in [1.54, 1.807) is 0 Å². The number of carbonyl (C=O) groups excluding carboxylic acids is 2. The van der Waals surface area contributed by atoms with Crippen molar-refractivity contribution in [2.45, 2.75) is 19.8 Å². The number of hydrogen-bond acceptors (Lipinski definition) is 4. The molecule has 2 fully saturated rings. The van der Waals surface area contributed by atoms with E-state index in [0.717, 1.165) is 45.8 Å². The molecule has 0 aromatic carbocycles. The van der Waals surface area contributed by atoms with E-state index >= 15 is 0 Å². The van der Waals surface area contributed by atoms with Crippen LogP contribution in [-0.2, 0) is 9.59 Å². The molecule has 2 saturated heterocycles. The van der Waals surface area contributed by atoms with Crippen LogP contribution in [0.3, 0.4) is 0 Å². The fraction of sp³-hybridized carbons (Fsp3) is 0.857. The van der Waals surface area contributed by atoms with E-state index in [-0.39, 0.29) is 11.8 Å². The van der Waals surface area contributed by atoms with Gasteiger partial charge in [0.1, 0.15) is 0 Å². The minimum Gasteiger partial charge on any atom is -0.355 e. The van der Waals surface area contributed by atoms with Crippen LogP contribution in [0.25, 0.3) is 0 Å². The zero-order chi connectivity index (χ0) is 14.4. The molecule has 0 radical (unpaired) electrons. The lowest BCUT2D eigenvalue weighted by atomic mass is 10.3. The van der Waals surface area contributed by atoms with Crippen LogP contribution in [0.2, 0.25) is 0 Å². The Labute approximate surface area is 121 Å². The molecule has 6 nitrogen and oxygen atoms in total. The molecule has 0 saturated carbocycles. The highest BCUT2D eigenvalue weighted by Gasteiger charge is 2.23. The van der Waals surface area contributed by atoms with Gasteiger partial charge in [-0.05, 0) is 25.9 Å². The van der Waals surface area contributed by atoms with E-state index in [1.165, 1.54) is 19.8 Å². The third-order valence-electron chi connectivity index (χ3n) is 4.08.